The van der Waals surface area contributed by atoms with Gasteiger partial charge in [-0.2, -0.15) is 0 Å². The summed E-state index contributed by atoms with van der Waals surface area (Å²) in [4.78, 5) is 43.4. The molecule has 2 aliphatic rings. The summed E-state index contributed by atoms with van der Waals surface area (Å²) in [5.74, 6) is -0.306. The van der Waals surface area contributed by atoms with Crippen LogP contribution in [0.5, 0.6) is 0 Å². The summed E-state index contributed by atoms with van der Waals surface area (Å²) in [6, 6.07) is 14.3. The van der Waals surface area contributed by atoms with Crippen molar-refractivity contribution in [3.8, 4) is 0 Å². The molecule has 1 unspecified atom stereocenters. The molecule has 33 heavy (non-hydrogen) atoms. The van der Waals surface area contributed by atoms with Crippen LogP contribution in [0, 0.1) is 6.92 Å². The maximum Gasteiger partial charge on any atom is 0.257 e. The van der Waals surface area contributed by atoms with Crippen LogP contribution in [-0.4, -0.2) is 34.7 Å². The first kappa shape index (κ1) is 23.2. The van der Waals surface area contributed by atoms with E-state index < -0.39 is 6.04 Å². The Bertz CT molecular complexity index is 1000. The molecule has 2 aromatic carbocycles. The maximum atomic E-state index is 13.7. The number of anilines is 1. The maximum absolute atomic E-state index is 13.7. The minimum absolute atomic E-state index is 0.0219. The molecule has 3 amide bonds. The summed E-state index contributed by atoms with van der Waals surface area (Å²) >= 11 is 0. The van der Waals surface area contributed by atoms with Gasteiger partial charge in [0.15, 0.2) is 0 Å². The van der Waals surface area contributed by atoms with Gasteiger partial charge in [-0.15, -0.1) is 0 Å². The van der Waals surface area contributed by atoms with E-state index in [0.717, 1.165) is 49.7 Å². The highest BCUT2D eigenvalue weighted by Gasteiger charge is 2.46. The Morgan fingerprint density at radius 1 is 0.909 bits per heavy atom. The molecule has 1 heterocycles. The fraction of sp³-hybridized carbons (Fsp3) is 0.464. The minimum atomic E-state index is -0.751. The van der Waals surface area contributed by atoms with E-state index >= 15 is 0 Å². The van der Waals surface area contributed by atoms with E-state index in [9.17, 15) is 14.4 Å². The fourth-order valence-corrected chi connectivity index (χ4v) is 5.06. The van der Waals surface area contributed by atoms with E-state index in [-0.39, 0.29) is 30.2 Å². The lowest BCUT2D eigenvalue weighted by atomic mass is 10.0. The zero-order valence-electron chi connectivity index (χ0n) is 19.9. The van der Waals surface area contributed by atoms with Crippen molar-refractivity contribution in [3.05, 3.63) is 65.2 Å². The summed E-state index contributed by atoms with van der Waals surface area (Å²) in [5.41, 5.74) is 3.39. The first-order valence-electron chi connectivity index (χ1n) is 12.2. The van der Waals surface area contributed by atoms with Gasteiger partial charge < -0.3 is 4.90 Å². The Balaban J connectivity index is 1.66. The molecule has 1 aliphatic carbocycles. The Hall–Kier alpha value is -2.95. The summed E-state index contributed by atoms with van der Waals surface area (Å²) in [6.45, 7) is 6.20. The second-order valence-electron chi connectivity index (χ2n) is 9.76. The number of hydrogen-bond donors (Lipinski definition) is 0. The summed E-state index contributed by atoms with van der Waals surface area (Å²) in [5, 5.41) is 0. The fourth-order valence-electron chi connectivity index (χ4n) is 5.06. The number of imide groups is 1. The molecule has 0 N–H and O–H groups in total. The van der Waals surface area contributed by atoms with Gasteiger partial charge in [0, 0.05) is 11.6 Å². The van der Waals surface area contributed by atoms with Crippen LogP contribution in [0.4, 0.5) is 5.69 Å². The van der Waals surface area contributed by atoms with Crippen molar-refractivity contribution >= 4 is 23.4 Å². The first-order valence-corrected chi connectivity index (χ1v) is 12.2. The van der Waals surface area contributed by atoms with Gasteiger partial charge in [0.2, 0.25) is 5.91 Å². The van der Waals surface area contributed by atoms with Gasteiger partial charge >= 0.3 is 0 Å². The number of aryl methyl sites for hydroxylation is 1. The van der Waals surface area contributed by atoms with Gasteiger partial charge in [0.25, 0.3) is 11.8 Å². The predicted molar refractivity (Wildman–Crippen MR) is 130 cm³/mol. The van der Waals surface area contributed by atoms with Gasteiger partial charge in [0.05, 0.1) is 12.1 Å². The van der Waals surface area contributed by atoms with Crippen LogP contribution in [0.25, 0.3) is 0 Å². The highest BCUT2D eigenvalue weighted by atomic mass is 16.2. The van der Waals surface area contributed by atoms with Gasteiger partial charge in [-0.25, -0.2) is 4.90 Å². The molecule has 0 aromatic heterocycles. The van der Waals surface area contributed by atoms with Gasteiger partial charge in [-0.1, -0.05) is 69.4 Å². The molecule has 1 aliphatic heterocycles. The van der Waals surface area contributed by atoms with Crippen molar-refractivity contribution in [2.45, 2.75) is 83.7 Å². The van der Waals surface area contributed by atoms with Crippen LogP contribution < -0.4 is 4.90 Å². The molecule has 5 nitrogen and oxygen atoms in total. The van der Waals surface area contributed by atoms with E-state index in [0.29, 0.717) is 17.2 Å². The normalized spacial score (nSPS) is 19.8. The van der Waals surface area contributed by atoms with Crippen LogP contribution in [0.3, 0.4) is 0 Å². The number of carbonyl (C=O) groups excluding carboxylic acids is 3. The lowest BCUT2D eigenvalue weighted by Crippen LogP contribution is -2.50. The average molecular weight is 447 g/mol. The van der Waals surface area contributed by atoms with E-state index in [2.05, 4.69) is 13.8 Å². The molecular formula is C28H34N2O3. The van der Waals surface area contributed by atoms with Gasteiger partial charge in [-0.3, -0.25) is 14.4 Å². The molecule has 0 spiro atoms. The quantitative estimate of drug-likeness (QED) is 0.443. The Kier molecular flexibility index (Phi) is 6.96. The van der Waals surface area contributed by atoms with Crippen molar-refractivity contribution in [1.82, 2.24) is 4.90 Å². The van der Waals surface area contributed by atoms with Crippen molar-refractivity contribution < 1.29 is 14.4 Å². The SMILES string of the molecule is Cc1ccc(C(=O)N(C2CCCCCC2)C2CC(=O)N(c3ccc(C(C)C)cc3)C2=O)cc1. The number of hydrogen-bond acceptors (Lipinski definition) is 3. The topological polar surface area (TPSA) is 57.7 Å². The molecule has 5 heteroatoms. The predicted octanol–water partition coefficient (Wildman–Crippen LogP) is 5.62. The smallest absolute Gasteiger partial charge is 0.257 e. The Morgan fingerprint density at radius 3 is 2.09 bits per heavy atom. The molecule has 174 valence electrons. The third kappa shape index (κ3) is 4.87. The molecule has 2 aromatic rings. The zero-order chi connectivity index (χ0) is 23.5. The molecular weight excluding hydrogens is 412 g/mol. The Labute approximate surface area is 196 Å². The molecule has 1 saturated heterocycles. The van der Waals surface area contributed by atoms with Crippen LogP contribution >= 0.6 is 0 Å². The molecule has 1 atom stereocenters. The summed E-state index contributed by atoms with van der Waals surface area (Å²) in [6.07, 6.45) is 6.16. The number of rotatable bonds is 5. The van der Waals surface area contributed by atoms with Crippen molar-refractivity contribution in [2.24, 2.45) is 0 Å². The number of nitrogens with zero attached hydrogens (tertiary/aromatic N) is 2. The molecule has 1 saturated carbocycles. The van der Waals surface area contributed by atoms with Crippen LogP contribution in [0.15, 0.2) is 48.5 Å². The highest BCUT2D eigenvalue weighted by molar-refractivity contribution is 6.23. The number of carbonyl (C=O) groups is 3. The third-order valence-corrected chi connectivity index (χ3v) is 7.03. The van der Waals surface area contributed by atoms with E-state index in [1.165, 1.54) is 4.90 Å². The zero-order valence-corrected chi connectivity index (χ0v) is 19.9. The standard InChI is InChI=1S/C28H34N2O3/c1-19(2)21-14-16-24(17-15-21)30-26(31)18-25(28(30)33)29(23-8-6-4-5-7-9-23)27(32)22-12-10-20(3)11-13-22/h10-17,19,23,25H,4-9,18H2,1-3H3. The molecule has 2 fully saturated rings. The second-order valence-corrected chi connectivity index (χ2v) is 9.76. The average Bonchev–Trinajstić information content (AvgIpc) is 2.97. The van der Waals surface area contributed by atoms with Crippen LogP contribution in [-0.2, 0) is 9.59 Å². The van der Waals surface area contributed by atoms with Crippen molar-refractivity contribution in [2.75, 3.05) is 4.90 Å². The second kappa shape index (κ2) is 9.90. The molecule has 4 rings (SSSR count). The van der Waals surface area contributed by atoms with Crippen molar-refractivity contribution in [3.63, 3.8) is 0 Å². The molecule has 0 radical (unpaired) electrons. The molecule has 0 bridgehead atoms. The van der Waals surface area contributed by atoms with Gasteiger partial charge in [-0.05, 0) is 55.5 Å². The largest absolute Gasteiger partial charge is 0.323 e. The van der Waals surface area contributed by atoms with E-state index in [1.807, 2.05) is 55.5 Å². The third-order valence-electron chi connectivity index (χ3n) is 7.03. The Morgan fingerprint density at radius 2 is 1.52 bits per heavy atom. The van der Waals surface area contributed by atoms with Crippen LogP contribution in [0.1, 0.15) is 86.2 Å². The first-order chi connectivity index (χ1) is 15.9. The summed E-state index contributed by atoms with van der Waals surface area (Å²) in [7, 11) is 0. The van der Waals surface area contributed by atoms with E-state index in [4.69, 9.17) is 0 Å². The van der Waals surface area contributed by atoms with Crippen molar-refractivity contribution in [1.29, 1.82) is 0 Å². The van der Waals surface area contributed by atoms with Crippen LogP contribution in [0.2, 0.25) is 0 Å². The lowest BCUT2D eigenvalue weighted by molar-refractivity contribution is -0.123. The number of benzene rings is 2. The minimum Gasteiger partial charge on any atom is -0.323 e. The highest BCUT2D eigenvalue weighted by Crippen LogP contribution is 2.32. The summed E-state index contributed by atoms with van der Waals surface area (Å²) < 4.78 is 0. The number of amides is 3. The monoisotopic (exact) mass is 446 g/mol. The van der Waals surface area contributed by atoms with E-state index in [1.54, 1.807) is 4.90 Å². The lowest BCUT2D eigenvalue weighted by Gasteiger charge is -2.35. The van der Waals surface area contributed by atoms with Gasteiger partial charge in [0.1, 0.15) is 6.04 Å².